The Balaban J connectivity index is 2.97. The van der Waals surface area contributed by atoms with E-state index in [0.29, 0.717) is 0 Å². The monoisotopic (exact) mass is 172 g/mol. The first-order valence-corrected chi connectivity index (χ1v) is 4.72. The second kappa shape index (κ2) is 4.14. The van der Waals surface area contributed by atoms with Crippen molar-refractivity contribution < 1.29 is 0 Å². The van der Waals surface area contributed by atoms with E-state index >= 15 is 0 Å². The molecule has 1 rings (SSSR count). The highest BCUT2D eigenvalue weighted by molar-refractivity contribution is 5.25. The van der Waals surface area contributed by atoms with Gasteiger partial charge in [-0.1, -0.05) is 44.2 Å². The van der Waals surface area contributed by atoms with E-state index in [1.165, 1.54) is 5.56 Å². The molecular weight excluding hydrogens is 156 g/mol. The van der Waals surface area contributed by atoms with Crippen LogP contribution in [0.1, 0.15) is 32.3 Å². The summed E-state index contributed by atoms with van der Waals surface area (Å²) in [6.07, 6.45) is 7.28. The third kappa shape index (κ3) is 2.12. The highest BCUT2D eigenvalue weighted by Crippen LogP contribution is 2.30. The molecule has 1 aromatic carbocycles. The fraction of sp³-hybridized carbons (Fsp3) is 0.385. The summed E-state index contributed by atoms with van der Waals surface area (Å²) >= 11 is 0. The van der Waals surface area contributed by atoms with E-state index in [-0.39, 0.29) is 5.41 Å². The zero-order valence-electron chi connectivity index (χ0n) is 8.38. The summed E-state index contributed by atoms with van der Waals surface area (Å²) < 4.78 is 0. The Bertz CT molecular complexity index is 292. The molecule has 0 bridgehead atoms. The Morgan fingerprint density at radius 2 is 1.92 bits per heavy atom. The van der Waals surface area contributed by atoms with Crippen molar-refractivity contribution in [1.82, 2.24) is 0 Å². The van der Waals surface area contributed by atoms with Crippen LogP contribution in [-0.4, -0.2) is 0 Å². The Labute approximate surface area is 81.0 Å². The number of hydrogen-bond donors (Lipinski definition) is 0. The molecule has 68 valence electrons. The van der Waals surface area contributed by atoms with Gasteiger partial charge in [0.25, 0.3) is 0 Å². The Morgan fingerprint density at radius 3 is 2.38 bits per heavy atom. The minimum Gasteiger partial charge on any atom is -0.120 e. The largest absolute Gasteiger partial charge is 0.120 e. The molecule has 0 saturated heterocycles. The van der Waals surface area contributed by atoms with Crippen LogP contribution in [0.25, 0.3) is 0 Å². The first-order chi connectivity index (χ1) is 6.23. The van der Waals surface area contributed by atoms with Gasteiger partial charge >= 0.3 is 0 Å². The first-order valence-electron chi connectivity index (χ1n) is 4.72. The van der Waals surface area contributed by atoms with Gasteiger partial charge in [-0.05, 0) is 12.0 Å². The van der Waals surface area contributed by atoms with Crippen LogP contribution in [0.4, 0.5) is 0 Å². The molecule has 0 N–H and O–H groups in total. The normalized spacial score (nSPS) is 14.5. The van der Waals surface area contributed by atoms with Crippen molar-refractivity contribution in [3.8, 4) is 12.3 Å². The van der Waals surface area contributed by atoms with Gasteiger partial charge in [-0.2, -0.15) is 0 Å². The van der Waals surface area contributed by atoms with Crippen LogP contribution in [-0.2, 0) is 5.41 Å². The maximum atomic E-state index is 5.38. The van der Waals surface area contributed by atoms with Crippen molar-refractivity contribution in [3.63, 3.8) is 0 Å². The Morgan fingerprint density at radius 1 is 1.31 bits per heavy atom. The maximum absolute atomic E-state index is 5.38. The van der Waals surface area contributed by atoms with E-state index in [1.807, 2.05) is 6.07 Å². The van der Waals surface area contributed by atoms with E-state index in [1.54, 1.807) is 0 Å². The van der Waals surface area contributed by atoms with Crippen molar-refractivity contribution in [2.75, 3.05) is 0 Å². The van der Waals surface area contributed by atoms with E-state index < -0.39 is 0 Å². The molecule has 0 nitrogen and oxygen atoms in total. The predicted octanol–water partition coefficient (Wildman–Crippen LogP) is 3.38. The van der Waals surface area contributed by atoms with Crippen LogP contribution in [0.3, 0.4) is 0 Å². The highest BCUT2D eigenvalue weighted by atomic mass is 14.3. The number of benzene rings is 1. The minimum atomic E-state index is 0.149. The van der Waals surface area contributed by atoms with Gasteiger partial charge in [0.15, 0.2) is 0 Å². The van der Waals surface area contributed by atoms with Gasteiger partial charge in [0.2, 0.25) is 0 Å². The molecule has 0 heterocycles. The van der Waals surface area contributed by atoms with Gasteiger partial charge in [-0.25, -0.2) is 0 Å². The number of hydrogen-bond acceptors (Lipinski definition) is 0. The van der Waals surface area contributed by atoms with E-state index in [2.05, 4.69) is 44.0 Å². The predicted molar refractivity (Wildman–Crippen MR) is 57.5 cm³/mol. The van der Waals surface area contributed by atoms with Crippen LogP contribution in [0.15, 0.2) is 30.3 Å². The lowest BCUT2D eigenvalue weighted by Crippen LogP contribution is -2.19. The molecule has 1 aromatic rings. The summed E-state index contributed by atoms with van der Waals surface area (Å²) in [6, 6.07) is 10.5. The van der Waals surface area contributed by atoms with Gasteiger partial charge in [0, 0.05) is 11.8 Å². The van der Waals surface area contributed by atoms with Gasteiger partial charge in [-0.3, -0.25) is 0 Å². The molecule has 0 fully saturated rings. The number of terminal acetylenes is 1. The molecule has 0 aliphatic carbocycles. The van der Waals surface area contributed by atoms with E-state index in [0.717, 1.165) is 12.8 Å². The molecule has 0 spiro atoms. The summed E-state index contributed by atoms with van der Waals surface area (Å²) in [5, 5.41) is 0. The fourth-order valence-electron chi connectivity index (χ4n) is 1.50. The van der Waals surface area contributed by atoms with Crippen molar-refractivity contribution in [2.24, 2.45) is 0 Å². The molecule has 0 aromatic heterocycles. The SMILES string of the molecule is C#CCC(C)(CC)c1ccccc1. The summed E-state index contributed by atoms with van der Waals surface area (Å²) in [4.78, 5) is 0. The summed E-state index contributed by atoms with van der Waals surface area (Å²) in [5.74, 6) is 2.76. The number of rotatable bonds is 3. The Hall–Kier alpha value is -1.22. The van der Waals surface area contributed by atoms with Crippen LogP contribution in [0.5, 0.6) is 0 Å². The third-order valence-electron chi connectivity index (χ3n) is 2.74. The quantitative estimate of drug-likeness (QED) is 0.613. The standard InChI is InChI=1S/C13H16/c1-4-11-13(3,5-2)12-9-7-6-8-10-12/h1,6-10H,5,11H2,2-3H3. The summed E-state index contributed by atoms with van der Waals surface area (Å²) in [7, 11) is 0. The van der Waals surface area contributed by atoms with Crippen LogP contribution >= 0.6 is 0 Å². The zero-order valence-corrected chi connectivity index (χ0v) is 8.38. The molecule has 0 amide bonds. The minimum absolute atomic E-state index is 0.149. The molecule has 0 saturated carbocycles. The van der Waals surface area contributed by atoms with Gasteiger partial charge in [0.1, 0.15) is 0 Å². The average Bonchev–Trinajstić information content (AvgIpc) is 2.19. The average molecular weight is 172 g/mol. The fourth-order valence-corrected chi connectivity index (χ4v) is 1.50. The molecule has 0 radical (unpaired) electrons. The molecular formula is C13H16. The van der Waals surface area contributed by atoms with Crippen LogP contribution in [0, 0.1) is 12.3 Å². The molecule has 0 aliphatic heterocycles. The smallest absolute Gasteiger partial charge is 0.0180 e. The van der Waals surface area contributed by atoms with E-state index in [9.17, 15) is 0 Å². The van der Waals surface area contributed by atoms with Gasteiger partial charge in [0.05, 0.1) is 0 Å². The lowest BCUT2D eigenvalue weighted by molar-refractivity contribution is 0.468. The van der Waals surface area contributed by atoms with Crippen molar-refractivity contribution >= 4 is 0 Å². The molecule has 0 heteroatoms. The zero-order chi connectivity index (χ0) is 9.73. The first kappa shape index (κ1) is 9.86. The van der Waals surface area contributed by atoms with Gasteiger partial charge < -0.3 is 0 Å². The second-order valence-corrected chi connectivity index (χ2v) is 3.66. The van der Waals surface area contributed by atoms with Crippen LogP contribution < -0.4 is 0 Å². The molecule has 13 heavy (non-hydrogen) atoms. The molecule has 1 atom stereocenters. The van der Waals surface area contributed by atoms with E-state index in [4.69, 9.17) is 6.42 Å². The van der Waals surface area contributed by atoms with Crippen molar-refractivity contribution in [3.05, 3.63) is 35.9 Å². The third-order valence-corrected chi connectivity index (χ3v) is 2.74. The summed E-state index contributed by atoms with van der Waals surface area (Å²) in [5.41, 5.74) is 1.49. The van der Waals surface area contributed by atoms with Crippen molar-refractivity contribution in [2.45, 2.75) is 32.1 Å². The topological polar surface area (TPSA) is 0 Å². The maximum Gasteiger partial charge on any atom is 0.0180 e. The lowest BCUT2D eigenvalue weighted by Gasteiger charge is -2.26. The lowest BCUT2D eigenvalue weighted by atomic mass is 9.78. The van der Waals surface area contributed by atoms with Crippen molar-refractivity contribution in [1.29, 1.82) is 0 Å². The Kier molecular flexibility index (Phi) is 3.14. The summed E-state index contributed by atoms with van der Waals surface area (Å²) in [6.45, 7) is 4.41. The van der Waals surface area contributed by atoms with Crippen LogP contribution in [0.2, 0.25) is 0 Å². The highest BCUT2D eigenvalue weighted by Gasteiger charge is 2.22. The molecule has 1 unspecified atom stereocenters. The van der Waals surface area contributed by atoms with Gasteiger partial charge in [-0.15, -0.1) is 12.3 Å². The second-order valence-electron chi connectivity index (χ2n) is 3.66. The molecule has 0 aliphatic rings.